The maximum atomic E-state index is 5.25. The van der Waals surface area contributed by atoms with Crippen LogP contribution in [0.4, 0.5) is 0 Å². The van der Waals surface area contributed by atoms with Crippen LogP contribution in [0.5, 0.6) is 5.75 Å². The summed E-state index contributed by atoms with van der Waals surface area (Å²) in [5.41, 5.74) is 4.63. The van der Waals surface area contributed by atoms with Crippen molar-refractivity contribution in [3.63, 3.8) is 0 Å². The van der Waals surface area contributed by atoms with E-state index in [2.05, 4.69) is 55.8 Å². The molecule has 0 atom stereocenters. The fourth-order valence-corrected chi connectivity index (χ4v) is 2.67. The normalized spacial score (nSPS) is 11.3. The monoisotopic (exact) mass is 280 g/mol. The third kappa shape index (κ3) is 2.29. The highest BCUT2D eigenvalue weighted by atomic mass is 16.5. The van der Waals surface area contributed by atoms with Crippen LogP contribution in [0.2, 0.25) is 0 Å². The van der Waals surface area contributed by atoms with Crippen molar-refractivity contribution >= 4 is 10.9 Å². The fraction of sp³-hybridized carbons (Fsp3) is 0.278. The summed E-state index contributed by atoms with van der Waals surface area (Å²) in [6.45, 7) is 6.43. The third-order valence-corrected chi connectivity index (χ3v) is 3.78. The highest BCUT2D eigenvalue weighted by molar-refractivity contribution is 5.95. The second kappa shape index (κ2) is 5.24. The number of rotatable bonds is 3. The Morgan fingerprint density at radius 2 is 1.76 bits per heavy atom. The lowest BCUT2D eigenvalue weighted by Gasteiger charge is -2.11. The molecule has 0 saturated heterocycles. The highest BCUT2D eigenvalue weighted by Crippen LogP contribution is 2.33. The lowest BCUT2D eigenvalue weighted by Crippen LogP contribution is -2.04. The first-order chi connectivity index (χ1) is 10.1. The Kier molecular flexibility index (Phi) is 3.42. The molecule has 0 N–H and O–H groups in total. The van der Waals surface area contributed by atoms with Crippen molar-refractivity contribution in [1.82, 2.24) is 9.78 Å². The second-order valence-corrected chi connectivity index (χ2v) is 5.59. The van der Waals surface area contributed by atoms with Crippen LogP contribution in [-0.4, -0.2) is 16.9 Å². The minimum absolute atomic E-state index is 0.314. The molecule has 0 unspecified atom stereocenters. The first-order valence-corrected chi connectivity index (χ1v) is 7.24. The van der Waals surface area contributed by atoms with Crippen LogP contribution in [0.1, 0.15) is 25.5 Å². The molecule has 1 aromatic heterocycles. The van der Waals surface area contributed by atoms with Gasteiger partial charge in [-0.3, -0.25) is 4.68 Å². The van der Waals surface area contributed by atoms with Gasteiger partial charge in [0.05, 0.1) is 18.3 Å². The largest absolute Gasteiger partial charge is 0.497 e. The average molecular weight is 280 g/mol. The van der Waals surface area contributed by atoms with Crippen molar-refractivity contribution in [2.45, 2.75) is 26.8 Å². The first kappa shape index (κ1) is 13.7. The Balaban J connectivity index is 2.28. The molecule has 2 aromatic carbocycles. The Morgan fingerprint density at radius 3 is 2.38 bits per heavy atom. The van der Waals surface area contributed by atoms with E-state index in [-0.39, 0.29) is 0 Å². The average Bonchev–Trinajstić information content (AvgIpc) is 2.88. The third-order valence-electron chi connectivity index (χ3n) is 3.78. The number of benzene rings is 2. The molecule has 0 spiro atoms. The van der Waals surface area contributed by atoms with Gasteiger partial charge in [-0.2, -0.15) is 5.10 Å². The Morgan fingerprint density at radius 1 is 1.05 bits per heavy atom. The van der Waals surface area contributed by atoms with Crippen molar-refractivity contribution in [3.8, 4) is 17.0 Å². The van der Waals surface area contributed by atoms with E-state index in [0.717, 1.165) is 16.8 Å². The van der Waals surface area contributed by atoms with Gasteiger partial charge in [0.25, 0.3) is 0 Å². The number of ether oxygens (including phenoxy) is 1. The van der Waals surface area contributed by atoms with Gasteiger partial charge < -0.3 is 4.74 Å². The van der Waals surface area contributed by atoms with Gasteiger partial charge in [-0.05, 0) is 50.6 Å². The molecule has 0 aliphatic carbocycles. The molecule has 0 bridgehead atoms. The van der Waals surface area contributed by atoms with Gasteiger partial charge in [0.1, 0.15) is 5.75 Å². The summed E-state index contributed by atoms with van der Waals surface area (Å²) >= 11 is 0. The van der Waals surface area contributed by atoms with E-state index in [9.17, 15) is 0 Å². The molecule has 0 aliphatic rings. The maximum Gasteiger partial charge on any atom is 0.118 e. The molecule has 0 amide bonds. The van der Waals surface area contributed by atoms with Crippen LogP contribution in [0.15, 0.2) is 42.5 Å². The molecule has 3 nitrogen and oxygen atoms in total. The van der Waals surface area contributed by atoms with Gasteiger partial charge >= 0.3 is 0 Å². The molecule has 21 heavy (non-hydrogen) atoms. The number of hydrogen-bond acceptors (Lipinski definition) is 2. The summed E-state index contributed by atoms with van der Waals surface area (Å²) in [7, 11) is 1.69. The molecule has 0 radical (unpaired) electrons. The highest BCUT2D eigenvalue weighted by Gasteiger charge is 2.16. The van der Waals surface area contributed by atoms with Gasteiger partial charge in [0.2, 0.25) is 0 Å². The number of aromatic nitrogens is 2. The van der Waals surface area contributed by atoms with Crippen LogP contribution in [0, 0.1) is 6.92 Å². The SMILES string of the molecule is COc1ccc(-c2c3cccc(C)c3nn2C(C)C)cc1. The summed E-state index contributed by atoms with van der Waals surface area (Å²) in [5.74, 6) is 0.870. The quantitative estimate of drug-likeness (QED) is 0.701. The lowest BCUT2D eigenvalue weighted by atomic mass is 10.1. The van der Waals surface area contributed by atoms with E-state index in [0.29, 0.717) is 6.04 Å². The number of aryl methyl sites for hydroxylation is 1. The van der Waals surface area contributed by atoms with E-state index < -0.39 is 0 Å². The smallest absolute Gasteiger partial charge is 0.118 e. The zero-order valence-corrected chi connectivity index (χ0v) is 12.9. The molecular weight excluding hydrogens is 260 g/mol. The zero-order valence-electron chi connectivity index (χ0n) is 12.9. The Hall–Kier alpha value is -2.29. The molecule has 1 heterocycles. The minimum atomic E-state index is 0.314. The van der Waals surface area contributed by atoms with E-state index in [1.54, 1.807) is 7.11 Å². The molecule has 0 fully saturated rings. The predicted molar refractivity (Wildman–Crippen MR) is 86.8 cm³/mol. The molecular formula is C18H20N2O. The number of methoxy groups -OCH3 is 1. The number of nitrogens with zero attached hydrogens (tertiary/aromatic N) is 2. The van der Waals surface area contributed by atoms with Gasteiger partial charge in [-0.15, -0.1) is 0 Å². The molecule has 0 aliphatic heterocycles. The summed E-state index contributed by atoms with van der Waals surface area (Å²) in [5, 5.41) is 6.02. The molecule has 0 saturated carbocycles. The summed E-state index contributed by atoms with van der Waals surface area (Å²) in [6.07, 6.45) is 0. The molecule has 3 aromatic rings. The Bertz CT molecular complexity index is 770. The van der Waals surface area contributed by atoms with E-state index in [1.165, 1.54) is 16.6 Å². The van der Waals surface area contributed by atoms with Crippen LogP contribution in [0.25, 0.3) is 22.2 Å². The van der Waals surface area contributed by atoms with E-state index in [1.807, 2.05) is 12.1 Å². The van der Waals surface area contributed by atoms with Crippen LogP contribution in [-0.2, 0) is 0 Å². The van der Waals surface area contributed by atoms with Crippen molar-refractivity contribution < 1.29 is 4.74 Å². The van der Waals surface area contributed by atoms with Gasteiger partial charge in [-0.1, -0.05) is 18.2 Å². The van der Waals surface area contributed by atoms with E-state index >= 15 is 0 Å². The minimum Gasteiger partial charge on any atom is -0.497 e. The maximum absolute atomic E-state index is 5.25. The van der Waals surface area contributed by atoms with Crippen molar-refractivity contribution in [2.75, 3.05) is 7.11 Å². The van der Waals surface area contributed by atoms with Gasteiger partial charge in [0, 0.05) is 17.0 Å². The van der Waals surface area contributed by atoms with E-state index in [4.69, 9.17) is 9.84 Å². The first-order valence-electron chi connectivity index (χ1n) is 7.24. The van der Waals surface area contributed by atoms with Crippen molar-refractivity contribution in [3.05, 3.63) is 48.0 Å². The standard InChI is InChI=1S/C18H20N2O/c1-12(2)20-18(14-8-10-15(21-4)11-9-14)16-7-5-6-13(3)17(16)19-20/h5-12H,1-4H3. The van der Waals surface area contributed by atoms with Crippen molar-refractivity contribution in [1.29, 1.82) is 0 Å². The second-order valence-electron chi connectivity index (χ2n) is 5.59. The summed E-state index contributed by atoms with van der Waals surface area (Å²) < 4.78 is 7.36. The van der Waals surface area contributed by atoms with Crippen LogP contribution < -0.4 is 4.74 Å². The zero-order chi connectivity index (χ0) is 15.0. The van der Waals surface area contributed by atoms with Crippen LogP contribution in [0.3, 0.4) is 0 Å². The van der Waals surface area contributed by atoms with Crippen molar-refractivity contribution in [2.24, 2.45) is 0 Å². The molecule has 3 heteroatoms. The topological polar surface area (TPSA) is 27.1 Å². The predicted octanol–water partition coefficient (Wildman–Crippen LogP) is 4.60. The Labute approximate surface area is 125 Å². The summed E-state index contributed by atoms with van der Waals surface area (Å²) in [6, 6.07) is 14.8. The van der Waals surface area contributed by atoms with Gasteiger partial charge in [-0.25, -0.2) is 0 Å². The fourth-order valence-electron chi connectivity index (χ4n) is 2.67. The lowest BCUT2D eigenvalue weighted by molar-refractivity contribution is 0.415. The molecule has 108 valence electrons. The number of fused-ring (bicyclic) bond motifs is 1. The summed E-state index contributed by atoms with van der Waals surface area (Å²) in [4.78, 5) is 0. The number of hydrogen-bond donors (Lipinski definition) is 0. The molecule has 3 rings (SSSR count). The van der Waals surface area contributed by atoms with Gasteiger partial charge in [0.15, 0.2) is 0 Å². The van der Waals surface area contributed by atoms with Crippen LogP contribution >= 0.6 is 0 Å².